The average Bonchev–Trinajstić information content (AvgIpc) is 2.95. The molecule has 1 heterocycles. The van der Waals surface area contributed by atoms with Gasteiger partial charge in [0, 0.05) is 22.6 Å². The third-order valence-electron chi connectivity index (χ3n) is 4.73. The van der Waals surface area contributed by atoms with Crippen LogP contribution in [0.15, 0.2) is 24.3 Å². The Hall–Kier alpha value is -2.28. The molecule has 0 saturated heterocycles. The maximum atomic E-state index is 12.3. The van der Waals surface area contributed by atoms with Crippen LogP contribution in [-0.2, 0) is 12.8 Å². The van der Waals surface area contributed by atoms with Crippen molar-refractivity contribution in [2.75, 3.05) is 5.32 Å². The van der Waals surface area contributed by atoms with Crippen LogP contribution in [0, 0.1) is 21.4 Å². The van der Waals surface area contributed by atoms with E-state index in [-0.39, 0.29) is 17.0 Å². The molecular weight excluding hydrogens is 338 g/mol. The van der Waals surface area contributed by atoms with Crippen molar-refractivity contribution in [1.82, 2.24) is 4.98 Å². The number of nitrogens with zero attached hydrogens (tertiary/aromatic N) is 2. The van der Waals surface area contributed by atoms with E-state index in [4.69, 9.17) is 0 Å². The standard InChI is InChI=1S/C18H21N3O3S/c1-18(2,3)12-6-9-14-15(10-12)25-17(19-14)20-16(22)11-4-7-13(8-5-11)21(23)24/h4-5,7-8,12H,6,9-10H2,1-3H3,(H,19,20,22)/t12-/m0/s1. The number of amides is 1. The quantitative estimate of drug-likeness (QED) is 0.648. The minimum atomic E-state index is -0.484. The first-order chi connectivity index (χ1) is 11.7. The average molecular weight is 359 g/mol. The molecule has 1 atom stereocenters. The third kappa shape index (κ3) is 3.87. The zero-order valence-corrected chi connectivity index (χ0v) is 15.4. The van der Waals surface area contributed by atoms with Crippen molar-refractivity contribution in [1.29, 1.82) is 0 Å². The molecule has 1 N–H and O–H groups in total. The first-order valence-corrected chi connectivity index (χ1v) is 9.10. The number of hydrogen-bond donors (Lipinski definition) is 1. The number of non-ortho nitro benzene ring substituents is 1. The summed E-state index contributed by atoms with van der Waals surface area (Å²) in [6.45, 7) is 6.79. The fourth-order valence-corrected chi connectivity index (χ4v) is 4.15. The monoisotopic (exact) mass is 359 g/mol. The number of hydrogen-bond acceptors (Lipinski definition) is 5. The number of anilines is 1. The number of rotatable bonds is 3. The molecule has 0 aliphatic heterocycles. The Morgan fingerprint density at radius 1 is 1.32 bits per heavy atom. The molecule has 0 unspecified atom stereocenters. The Balaban J connectivity index is 1.71. The molecule has 0 bridgehead atoms. The van der Waals surface area contributed by atoms with Crippen molar-refractivity contribution in [2.45, 2.75) is 40.0 Å². The van der Waals surface area contributed by atoms with Crippen LogP contribution in [-0.4, -0.2) is 15.8 Å². The first-order valence-electron chi connectivity index (χ1n) is 8.28. The van der Waals surface area contributed by atoms with Crippen molar-refractivity contribution in [3.63, 3.8) is 0 Å². The summed E-state index contributed by atoms with van der Waals surface area (Å²) in [5, 5.41) is 14.1. The van der Waals surface area contributed by atoms with Crippen LogP contribution >= 0.6 is 11.3 Å². The molecule has 132 valence electrons. The molecule has 0 spiro atoms. The summed E-state index contributed by atoms with van der Waals surface area (Å²) in [7, 11) is 0. The molecule has 1 aromatic carbocycles. The summed E-state index contributed by atoms with van der Waals surface area (Å²) >= 11 is 1.53. The Kier molecular flexibility index (Phi) is 4.60. The van der Waals surface area contributed by atoms with E-state index >= 15 is 0 Å². The lowest BCUT2D eigenvalue weighted by Gasteiger charge is -2.33. The fourth-order valence-electron chi connectivity index (χ4n) is 3.07. The predicted molar refractivity (Wildman–Crippen MR) is 98.1 cm³/mol. The number of thiazole rings is 1. The highest BCUT2D eigenvalue weighted by Crippen LogP contribution is 2.40. The van der Waals surface area contributed by atoms with Gasteiger partial charge in [0.25, 0.3) is 11.6 Å². The number of aryl methyl sites for hydroxylation is 1. The minimum Gasteiger partial charge on any atom is -0.298 e. The number of nitrogens with one attached hydrogen (secondary N) is 1. The van der Waals surface area contributed by atoms with E-state index in [1.54, 1.807) is 0 Å². The van der Waals surface area contributed by atoms with Crippen LogP contribution in [0.4, 0.5) is 10.8 Å². The molecule has 0 radical (unpaired) electrons. The van der Waals surface area contributed by atoms with E-state index in [2.05, 4.69) is 31.1 Å². The number of nitro groups is 1. The molecule has 1 aliphatic rings. The molecule has 3 rings (SSSR count). The molecule has 7 heteroatoms. The van der Waals surface area contributed by atoms with Crippen molar-refractivity contribution in [3.05, 3.63) is 50.5 Å². The van der Waals surface area contributed by atoms with Crippen LogP contribution in [0.25, 0.3) is 0 Å². The van der Waals surface area contributed by atoms with Gasteiger partial charge in [-0.25, -0.2) is 4.98 Å². The van der Waals surface area contributed by atoms with E-state index in [1.165, 1.54) is 40.5 Å². The van der Waals surface area contributed by atoms with Gasteiger partial charge in [-0.15, -0.1) is 11.3 Å². The van der Waals surface area contributed by atoms with Gasteiger partial charge in [-0.3, -0.25) is 20.2 Å². The lowest BCUT2D eigenvalue weighted by molar-refractivity contribution is -0.384. The highest BCUT2D eigenvalue weighted by molar-refractivity contribution is 7.15. The lowest BCUT2D eigenvalue weighted by Crippen LogP contribution is -2.26. The molecule has 6 nitrogen and oxygen atoms in total. The molecule has 1 aromatic heterocycles. The maximum absolute atomic E-state index is 12.3. The number of aromatic nitrogens is 1. The van der Waals surface area contributed by atoms with E-state index in [0.29, 0.717) is 16.6 Å². The molecular formula is C18H21N3O3S. The summed E-state index contributed by atoms with van der Waals surface area (Å²) in [4.78, 5) is 28.3. The van der Waals surface area contributed by atoms with Gasteiger partial charge in [0.1, 0.15) is 0 Å². The fraction of sp³-hybridized carbons (Fsp3) is 0.444. The highest BCUT2D eigenvalue weighted by atomic mass is 32.1. The Morgan fingerprint density at radius 3 is 2.60 bits per heavy atom. The number of carbonyl (C=O) groups is 1. The second kappa shape index (κ2) is 6.55. The predicted octanol–water partition coefficient (Wildman–Crippen LogP) is 4.45. The molecule has 0 saturated carbocycles. The summed E-state index contributed by atoms with van der Waals surface area (Å²) in [6, 6.07) is 5.57. The van der Waals surface area contributed by atoms with E-state index in [1.807, 2.05) is 0 Å². The zero-order valence-electron chi connectivity index (χ0n) is 14.5. The van der Waals surface area contributed by atoms with Gasteiger partial charge in [-0.1, -0.05) is 20.8 Å². The van der Waals surface area contributed by atoms with Crippen molar-refractivity contribution in [3.8, 4) is 0 Å². The van der Waals surface area contributed by atoms with Gasteiger partial charge in [-0.2, -0.15) is 0 Å². The van der Waals surface area contributed by atoms with Gasteiger partial charge in [0.05, 0.1) is 10.6 Å². The second-order valence-corrected chi connectivity index (χ2v) is 8.54. The van der Waals surface area contributed by atoms with Gasteiger partial charge >= 0.3 is 0 Å². The van der Waals surface area contributed by atoms with Crippen molar-refractivity contribution < 1.29 is 9.72 Å². The van der Waals surface area contributed by atoms with E-state index in [9.17, 15) is 14.9 Å². The van der Waals surface area contributed by atoms with Gasteiger partial charge in [-0.05, 0) is 42.7 Å². The molecule has 2 aromatic rings. The van der Waals surface area contributed by atoms with E-state index < -0.39 is 4.92 Å². The number of nitro benzene ring substituents is 1. The largest absolute Gasteiger partial charge is 0.298 e. The summed E-state index contributed by atoms with van der Waals surface area (Å²) in [6.07, 6.45) is 3.07. The Morgan fingerprint density at radius 2 is 2.00 bits per heavy atom. The van der Waals surface area contributed by atoms with Crippen LogP contribution in [0.5, 0.6) is 0 Å². The van der Waals surface area contributed by atoms with Crippen LogP contribution in [0.3, 0.4) is 0 Å². The second-order valence-electron chi connectivity index (χ2n) is 7.45. The van der Waals surface area contributed by atoms with Crippen molar-refractivity contribution >= 4 is 28.1 Å². The number of carbonyl (C=O) groups excluding carboxylic acids is 1. The number of benzene rings is 1. The SMILES string of the molecule is CC(C)(C)[C@H]1CCc2nc(NC(=O)c3ccc([N+](=O)[O-])cc3)sc2C1. The maximum Gasteiger partial charge on any atom is 0.269 e. The van der Waals surface area contributed by atoms with Gasteiger partial charge in [0.15, 0.2) is 5.13 Å². The smallest absolute Gasteiger partial charge is 0.269 e. The normalized spacial score (nSPS) is 17.0. The Bertz CT molecular complexity index is 806. The van der Waals surface area contributed by atoms with Gasteiger partial charge < -0.3 is 0 Å². The zero-order chi connectivity index (χ0) is 18.2. The first kappa shape index (κ1) is 17.5. The van der Waals surface area contributed by atoms with E-state index in [0.717, 1.165) is 25.0 Å². The molecule has 1 amide bonds. The van der Waals surface area contributed by atoms with Crippen LogP contribution < -0.4 is 5.32 Å². The molecule has 1 aliphatic carbocycles. The lowest BCUT2D eigenvalue weighted by atomic mass is 9.73. The Labute approximate surface area is 150 Å². The van der Waals surface area contributed by atoms with Crippen molar-refractivity contribution in [2.24, 2.45) is 11.3 Å². The highest BCUT2D eigenvalue weighted by Gasteiger charge is 2.30. The summed E-state index contributed by atoms with van der Waals surface area (Å²) in [5.74, 6) is 0.326. The van der Waals surface area contributed by atoms with Gasteiger partial charge in [0.2, 0.25) is 0 Å². The molecule has 25 heavy (non-hydrogen) atoms. The third-order valence-corrected chi connectivity index (χ3v) is 5.76. The minimum absolute atomic E-state index is 0.0329. The number of fused-ring (bicyclic) bond motifs is 1. The molecule has 0 fully saturated rings. The topological polar surface area (TPSA) is 85.1 Å². The van der Waals surface area contributed by atoms with Crippen LogP contribution in [0.1, 0.15) is 48.1 Å². The summed E-state index contributed by atoms with van der Waals surface area (Å²) < 4.78 is 0. The summed E-state index contributed by atoms with van der Waals surface area (Å²) in [5.41, 5.74) is 1.70. The van der Waals surface area contributed by atoms with Crippen LogP contribution in [0.2, 0.25) is 0 Å².